The second-order valence-corrected chi connectivity index (χ2v) is 3.65. The second kappa shape index (κ2) is 6.42. The number of hydrogen-bond acceptors (Lipinski definition) is 3. The first-order chi connectivity index (χ1) is 8.56. The highest BCUT2D eigenvalue weighted by molar-refractivity contribution is 5.99. The van der Waals surface area contributed by atoms with Gasteiger partial charge in [0.25, 0.3) is 5.91 Å². The van der Waals surface area contributed by atoms with Gasteiger partial charge in [0, 0.05) is 5.56 Å². The average molecular weight is 245 g/mol. The molecule has 2 amide bonds. The third-order valence-electron chi connectivity index (χ3n) is 2.27. The molecule has 5 heteroatoms. The highest BCUT2D eigenvalue weighted by Crippen LogP contribution is 2.07. The molecule has 0 aliphatic heterocycles. The summed E-state index contributed by atoms with van der Waals surface area (Å²) in [6, 6.07) is 6.11. The normalized spacial score (nSPS) is 11.0. The molecule has 0 fully saturated rings. The summed E-state index contributed by atoms with van der Waals surface area (Å²) in [5, 5.41) is 2.50. The molecule has 0 aromatic heterocycles. The van der Waals surface area contributed by atoms with Crippen molar-refractivity contribution < 1.29 is 9.59 Å². The molecule has 0 aliphatic carbocycles. The number of amides is 2. The van der Waals surface area contributed by atoms with Crippen LogP contribution in [0.1, 0.15) is 22.8 Å². The van der Waals surface area contributed by atoms with Gasteiger partial charge in [0.15, 0.2) is 0 Å². The zero-order chi connectivity index (χ0) is 13.5. The number of rotatable bonds is 3. The van der Waals surface area contributed by atoms with Gasteiger partial charge in [-0.25, -0.2) is 0 Å². The topological polar surface area (TPSA) is 98.2 Å². The van der Waals surface area contributed by atoms with Crippen LogP contribution in [0.3, 0.4) is 0 Å². The first kappa shape index (κ1) is 13.7. The molecular weight excluding hydrogens is 230 g/mol. The van der Waals surface area contributed by atoms with E-state index in [4.69, 9.17) is 11.5 Å². The van der Waals surface area contributed by atoms with Crippen LogP contribution >= 0.6 is 0 Å². The zero-order valence-corrected chi connectivity index (χ0v) is 10.1. The third kappa shape index (κ3) is 3.61. The fraction of sp³-hybridized carbons (Fsp3) is 0.231. The van der Waals surface area contributed by atoms with Gasteiger partial charge >= 0.3 is 0 Å². The molecule has 1 unspecified atom stereocenters. The van der Waals surface area contributed by atoms with Crippen molar-refractivity contribution in [2.45, 2.75) is 13.0 Å². The minimum absolute atomic E-state index is 0.216. The summed E-state index contributed by atoms with van der Waals surface area (Å²) in [7, 11) is 0. The van der Waals surface area contributed by atoms with Gasteiger partial charge in [-0.1, -0.05) is 24.0 Å². The Morgan fingerprint density at radius 2 is 2.06 bits per heavy atom. The Labute approximate surface area is 106 Å². The second-order valence-electron chi connectivity index (χ2n) is 3.65. The molecule has 0 heterocycles. The van der Waals surface area contributed by atoms with Crippen molar-refractivity contribution >= 4 is 11.8 Å². The SMILES string of the molecule is CC(NC(=O)c1ccccc1C#CCN)C(N)=O. The summed E-state index contributed by atoms with van der Waals surface area (Å²) in [5.41, 5.74) is 11.3. The first-order valence-electron chi connectivity index (χ1n) is 5.44. The van der Waals surface area contributed by atoms with Crippen molar-refractivity contribution in [3.05, 3.63) is 35.4 Å². The lowest BCUT2D eigenvalue weighted by Gasteiger charge is -2.11. The minimum atomic E-state index is -0.729. The molecule has 0 radical (unpaired) electrons. The van der Waals surface area contributed by atoms with Crippen LogP contribution in [0.4, 0.5) is 0 Å². The lowest BCUT2D eigenvalue weighted by Crippen LogP contribution is -2.42. The van der Waals surface area contributed by atoms with Crippen LogP contribution < -0.4 is 16.8 Å². The van der Waals surface area contributed by atoms with Crippen LogP contribution in [-0.4, -0.2) is 24.4 Å². The van der Waals surface area contributed by atoms with Gasteiger partial charge < -0.3 is 16.8 Å². The van der Waals surface area contributed by atoms with E-state index in [2.05, 4.69) is 17.2 Å². The van der Waals surface area contributed by atoms with Crippen molar-refractivity contribution in [3.8, 4) is 11.8 Å². The van der Waals surface area contributed by atoms with Crippen LogP contribution in [0.5, 0.6) is 0 Å². The Morgan fingerprint density at radius 3 is 2.67 bits per heavy atom. The van der Waals surface area contributed by atoms with Gasteiger partial charge in [0.05, 0.1) is 12.1 Å². The number of nitrogens with two attached hydrogens (primary N) is 2. The number of benzene rings is 1. The molecule has 94 valence electrons. The molecule has 1 atom stereocenters. The summed E-state index contributed by atoms with van der Waals surface area (Å²) in [6.07, 6.45) is 0. The molecule has 1 aromatic carbocycles. The summed E-state index contributed by atoms with van der Waals surface area (Å²) < 4.78 is 0. The summed E-state index contributed by atoms with van der Waals surface area (Å²) in [4.78, 5) is 22.8. The van der Waals surface area contributed by atoms with E-state index in [0.717, 1.165) is 0 Å². The quantitative estimate of drug-likeness (QED) is 0.632. The van der Waals surface area contributed by atoms with E-state index >= 15 is 0 Å². The Bertz CT molecular complexity index is 514. The van der Waals surface area contributed by atoms with Crippen molar-refractivity contribution in [2.75, 3.05) is 6.54 Å². The van der Waals surface area contributed by atoms with Crippen molar-refractivity contribution in [1.29, 1.82) is 0 Å². The van der Waals surface area contributed by atoms with Crippen molar-refractivity contribution in [3.63, 3.8) is 0 Å². The lowest BCUT2D eigenvalue weighted by molar-refractivity contribution is -0.119. The maximum absolute atomic E-state index is 11.9. The predicted octanol–water partition coefficient (Wildman–Crippen LogP) is -0.400. The van der Waals surface area contributed by atoms with Crippen LogP contribution in [0.15, 0.2) is 24.3 Å². The van der Waals surface area contributed by atoms with Crippen molar-refractivity contribution in [2.24, 2.45) is 11.5 Å². The monoisotopic (exact) mass is 245 g/mol. The Balaban J connectivity index is 2.95. The van der Waals surface area contributed by atoms with Gasteiger partial charge in [-0.3, -0.25) is 9.59 Å². The molecule has 1 rings (SSSR count). The Morgan fingerprint density at radius 1 is 1.39 bits per heavy atom. The first-order valence-corrected chi connectivity index (χ1v) is 5.44. The summed E-state index contributed by atoms with van der Waals surface area (Å²) >= 11 is 0. The zero-order valence-electron chi connectivity index (χ0n) is 10.1. The van der Waals surface area contributed by atoms with E-state index in [1.165, 1.54) is 6.92 Å². The average Bonchev–Trinajstić information content (AvgIpc) is 2.36. The maximum Gasteiger partial charge on any atom is 0.253 e. The predicted molar refractivity (Wildman–Crippen MR) is 68.5 cm³/mol. The van der Waals surface area contributed by atoms with E-state index in [0.29, 0.717) is 11.1 Å². The van der Waals surface area contributed by atoms with Crippen LogP contribution in [0.25, 0.3) is 0 Å². The van der Waals surface area contributed by atoms with Crippen LogP contribution in [-0.2, 0) is 4.79 Å². The minimum Gasteiger partial charge on any atom is -0.368 e. The van der Waals surface area contributed by atoms with Gasteiger partial charge in [-0.05, 0) is 19.1 Å². The molecule has 0 aliphatic rings. The number of nitrogens with one attached hydrogen (secondary N) is 1. The van der Waals surface area contributed by atoms with Crippen LogP contribution in [0, 0.1) is 11.8 Å². The molecular formula is C13H15N3O2. The fourth-order valence-electron chi connectivity index (χ4n) is 1.28. The van der Waals surface area contributed by atoms with Gasteiger partial charge in [-0.2, -0.15) is 0 Å². The summed E-state index contributed by atoms with van der Waals surface area (Å²) in [6.45, 7) is 1.74. The number of primary amides is 1. The number of carbonyl (C=O) groups is 2. The smallest absolute Gasteiger partial charge is 0.253 e. The Kier molecular flexibility index (Phi) is 4.90. The van der Waals surface area contributed by atoms with E-state index in [9.17, 15) is 9.59 Å². The fourth-order valence-corrected chi connectivity index (χ4v) is 1.28. The van der Waals surface area contributed by atoms with Crippen LogP contribution in [0.2, 0.25) is 0 Å². The molecule has 0 bridgehead atoms. The maximum atomic E-state index is 11.9. The summed E-state index contributed by atoms with van der Waals surface area (Å²) in [5.74, 6) is 4.51. The lowest BCUT2D eigenvalue weighted by atomic mass is 10.1. The number of carbonyl (C=O) groups excluding carboxylic acids is 2. The van der Waals surface area contributed by atoms with E-state index in [1.54, 1.807) is 24.3 Å². The largest absolute Gasteiger partial charge is 0.368 e. The van der Waals surface area contributed by atoms with Gasteiger partial charge in [0.1, 0.15) is 6.04 Å². The highest BCUT2D eigenvalue weighted by atomic mass is 16.2. The van der Waals surface area contributed by atoms with E-state index < -0.39 is 11.9 Å². The molecule has 1 aromatic rings. The van der Waals surface area contributed by atoms with Gasteiger partial charge in [-0.15, -0.1) is 0 Å². The Hall–Kier alpha value is -2.32. The molecule has 5 N–H and O–H groups in total. The highest BCUT2D eigenvalue weighted by Gasteiger charge is 2.15. The van der Waals surface area contributed by atoms with Crippen molar-refractivity contribution in [1.82, 2.24) is 5.32 Å². The number of hydrogen-bond donors (Lipinski definition) is 3. The standard InChI is InChI=1S/C13H15N3O2/c1-9(12(15)17)16-13(18)11-7-3-2-5-10(11)6-4-8-14/h2-3,5,7,9H,8,14H2,1H3,(H2,15,17)(H,16,18). The molecule has 5 nitrogen and oxygen atoms in total. The molecule has 0 saturated heterocycles. The molecule has 18 heavy (non-hydrogen) atoms. The van der Waals surface area contributed by atoms with E-state index in [-0.39, 0.29) is 12.5 Å². The third-order valence-corrected chi connectivity index (χ3v) is 2.27. The van der Waals surface area contributed by atoms with E-state index in [1.807, 2.05) is 0 Å². The molecule has 0 saturated carbocycles. The molecule has 0 spiro atoms. The van der Waals surface area contributed by atoms with Gasteiger partial charge in [0.2, 0.25) is 5.91 Å².